The highest BCUT2D eigenvalue weighted by Crippen LogP contribution is 2.43. The summed E-state index contributed by atoms with van der Waals surface area (Å²) in [5, 5.41) is 4.05. The fourth-order valence-electron chi connectivity index (χ4n) is 4.48. The molecule has 3 aromatic heterocycles. The number of pyridine rings is 1. The summed E-state index contributed by atoms with van der Waals surface area (Å²) < 4.78 is 21.5. The minimum Gasteiger partial charge on any atom is -0.467 e. The van der Waals surface area contributed by atoms with Crippen LogP contribution in [-0.4, -0.2) is 14.7 Å². The number of nitrogens with one attached hydrogen (secondary N) is 1. The second-order valence-electron chi connectivity index (χ2n) is 7.96. The van der Waals surface area contributed by atoms with Crippen LogP contribution >= 0.6 is 12.2 Å². The molecule has 32 heavy (non-hydrogen) atoms. The van der Waals surface area contributed by atoms with E-state index in [0.717, 1.165) is 34.1 Å². The van der Waals surface area contributed by atoms with Gasteiger partial charge in [-0.25, -0.2) is 4.39 Å². The van der Waals surface area contributed by atoms with Crippen molar-refractivity contribution in [3.8, 4) is 0 Å². The molecule has 1 saturated heterocycles. The quantitative estimate of drug-likeness (QED) is 0.413. The minimum atomic E-state index is -0.277. The average Bonchev–Trinajstić information content (AvgIpc) is 3.50. The van der Waals surface area contributed by atoms with Crippen LogP contribution in [0.5, 0.6) is 0 Å². The van der Waals surface area contributed by atoms with Crippen molar-refractivity contribution < 1.29 is 8.81 Å². The summed E-state index contributed by atoms with van der Waals surface area (Å²) in [6, 6.07) is 18.1. The number of halogens is 1. The standard InChI is InChI=1S/C25H23FN4OS/c1-16-14-21(17(2)29(16)15-20-6-5-13-31-20)24-23(22-7-3-4-12-27-22)28-25(32)30(24)19-10-8-18(26)9-11-19/h3-14,23-24H,15H2,1-2H3,(H,28,32)/t23-,24+/m1/s1. The molecule has 7 heteroatoms. The van der Waals surface area contributed by atoms with Gasteiger partial charge in [0, 0.05) is 23.3 Å². The van der Waals surface area contributed by atoms with Gasteiger partial charge < -0.3 is 19.2 Å². The molecule has 0 bridgehead atoms. The lowest BCUT2D eigenvalue weighted by molar-refractivity contribution is 0.488. The van der Waals surface area contributed by atoms with Gasteiger partial charge in [0.05, 0.1) is 30.6 Å². The van der Waals surface area contributed by atoms with Crippen LogP contribution < -0.4 is 10.2 Å². The number of hydrogen-bond donors (Lipinski definition) is 1. The maximum absolute atomic E-state index is 13.6. The molecule has 0 radical (unpaired) electrons. The van der Waals surface area contributed by atoms with E-state index >= 15 is 0 Å². The fraction of sp³-hybridized carbons (Fsp3) is 0.200. The van der Waals surface area contributed by atoms with Crippen LogP contribution in [0.1, 0.15) is 40.5 Å². The lowest BCUT2D eigenvalue weighted by atomic mass is 9.96. The van der Waals surface area contributed by atoms with Crippen LogP contribution in [0.15, 0.2) is 77.5 Å². The SMILES string of the molecule is Cc1cc([C@H]2[C@@H](c3ccccn3)NC(=S)N2c2ccc(F)cc2)c(C)n1Cc1ccco1. The summed E-state index contributed by atoms with van der Waals surface area (Å²) in [6.07, 6.45) is 3.48. The predicted molar refractivity (Wildman–Crippen MR) is 126 cm³/mol. The first-order valence-electron chi connectivity index (χ1n) is 10.5. The molecular weight excluding hydrogens is 423 g/mol. The fourth-order valence-corrected chi connectivity index (χ4v) is 4.83. The van der Waals surface area contributed by atoms with E-state index in [0.29, 0.717) is 11.7 Å². The van der Waals surface area contributed by atoms with Crippen LogP contribution in [0, 0.1) is 19.7 Å². The number of aryl methyl sites for hydroxylation is 1. The van der Waals surface area contributed by atoms with E-state index in [1.807, 2.05) is 30.3 Å². The first kappa shape index (κ1) is 20.5. The Morgan fingerprint density at radius 1 is 1.09 bits per heavy atom. The molecule has 1 aliphatic rings. The van der Waals surface area contributed by atoms with Gasteiger partial charge in [-0.2, -0.15) is 0 Å². The van der Waals surface area contributed by atoms with Crippen molar-refractivity contribution in [2.45, 2.75) is 32.5 Å². The first-order valence-corrected chi connectivity index (χ1v) is 10.9. The van der Waals surface area contributed by atoms with Crippen LogP contribution in [-0.2, 0) is 6.54 Å². The van der Waals surface area contributed by atoms with Crippen molar-refractivity contribution >= 4 is 23.0 Å². The average molecular weight is 447 g/mol. The van der Waals surface area contributed by atoms with Crippen LogP contribution in [0.3, 0.4) is 0 Å². The first-order chi connectivity index (χ1) is 15.5. The highest BCUT2D eigenvalue weighted by molar-refractivity contribution is 7.80. The number of anilines is 1. The lowest BCUT2D eigenvalue weighted by Gasteiger charge is -2.28. The van der Waals surface area contributed by atoms with Gasteiger partial charge in [-0.3, -0.25) is 4.98 Å². The lowest BCUT2D eigenvalue weighted by Crippen LogP contribution is -2.29. The molecule has 1 N–H and O–H groups in total. The number of thiocarbonyl (C=S) groups is 1. The van der Waals surface area contributed by atoms with Gasteiger partial charge in [0.2, 0.25) is 0 Å². The summed E-state index contributed by atoms with van der Waals surface area (Å²) in [4.78, 5) is 6.66. The van der Waals surface area contributed by atoms with Crippen molar-refractivity contribution in [3.05, 3.63) is 107 Å². The molecular formula is C25H23FN4OS. The third kappa shape index (κ3) is 3.58. The van der Waals surface area contributed by atoms with E-state index < -0.39 is 0 Å². The largest absolute Gasteiger partial charge is 0.467 e. The van der Waals surface area contributed by atoms with Gasteiger partial charge in [-0.05, 0) is 86.2 Å². The maximum Gasteiger partial charge on any atom is 0.174 e. The predicted octanol–water partition coefficient (Wildman–Crippen LogP) is 5.46. The van der Waals surface area contributed by atoms with E-state index in [2.05, 4.69) is 39.7 Å². The molecule has 162 valence electrons. The molecule has 1 fully saturated rings. The zero-order chi connectivity index (χ0) is 22.2. The van der Waals surface area contributed by atoms with Crippen LogP contribution in [0.2, 0.25) is 0 Å². The summed E-state index contributed by atoms with van der Waals surface area (Å²) in [6.45, 7) is 4.86. The Balaban J connectivity index is 1.62. The summed E-state index contributed by atoms with van der Waals surface area (Å²) in [7, 11) is 0. The molecule has 0 unspecified atom stereocenters. The Kier molecular flexibility index (Phi) is 5.27. The number of hydrogen-bond acceptors (Lipinski definition) is 3. The zero-order valence-corrected chi connectivity index (χ0v) is 18.6. The number of furan rings is 1. The normalized spacial score (nSPS) is 18.2. The van der Waals surface area contributed by atoms with Gasteiger partial charge >= 0.3 is 0 Å². The van der Waals surface area contributed by atoms with E-state index in [4.69, 9.17) is 16.6 Å². The molecule has 0 spiro atoms. The summed E-state index contributed by atoms with van der Waals surface area (Å²) in [5.74, 6) is 0.622. The van der Waals surface area contributed by atoms with Gasteiger partial charge in [-0.1, -0.05) is 6.07 Å². The Bertz CT molecular complexity index is 1240. The number of aromatic nitrogens is 2. The zero-order valence-electron chi connectivity index (χ0n) is 17.8. The molecule has 0 saturated carbocycles. The van der Waals surface area contributed by atoms with Gasteiger partial charge in [0.1, 0.15) is 11.6 Å². The second kappa shape index (κ2) is 8.24. The van der Waals surface area contributed by atoms with Crippen molar-refractivity contribution in [1.82, 2.24) is 14.9 Å². The highest BCUT2D eigenvalue weighted by Gasteiger charge is 2.42. The van der Waals surface area contributed by atoms with E-state index in [9.17, 15) is 4.39 Å². The van der Waals surface area contributed by atoms with Crippen molar-refractivity contribution in [3.63, 3.8) is 0 Å². The Morgan fingerprint density at radius 3 is 2.59 bits per heavy atom. The van der Waals surface area contributed by atoms with Crippen molar-refractivity contribution in [2.24, 2.45) is 0 Å². The number of nitrogens with zero attached hydrogens (tertiary/aromatic N) is 3. The van der Waals surface area contributed by atoms with E-state index in [1.165, 1.54) is 12.1 Å². The Labute approximate surface area is 191 Å². The molecule has 5 rings (SSSR count). The monoisotopic (exact) mass is 446 g/mol. The van der Waals surface area contributed by atoms with Gasteiger partial charge in [0.25, 0.3) is 0 Å². The molecule has 0 amide bonds. The smallest absolute Gasteiger partial charge is 0.174 e. The molecule has 1 aliphatic heterocycles. The molecule has 5 nitrogen and oxygen atoms in total. The van der Waals surface area contributed by atoms with Gasteiger partial charge in [-0.15, -0.1) is 0 Å². The van der Waals surface area contributed by atoms with E-state index in [-0.39, 0.29) is 17.9 Å². The third-order valence-electron chi connectivity index (χ3n) is 6.03. The van der Waals surface area contributed by atoms with Crippen LogP contribution in [0.25, 0.3) is 0 Å². The summed E-state index contributed by atoms with van der Waals surface area (Å²) in [5.41, 5.74) is 5.14. The molecule has 2 atom stereocenters. The summed E-state index contributed by atoms with van der Waals surface area (Å²) >= 11 is 5.76. The Morgan fingerprint density at radius 2 is 1.91 bits per heavy atom. The second-order valence-corrected chi connectivity index (χ2v) is 8.35. The van der Waals surface area contributed by atoms with Crippen LogP contribution in [0.4, 0.5) is 10.1 Å². The topological polar surface area (TPSA) is 46.2 Å². The number of benzene rings is 1. The van der Waals surface area contributed by atoms with E-state index in [1.54, 1.807) is 24.6 Å². The van der Waals surface area contributed by atoms with Crippen molar-refractivity contribution in [1.29, 1.82) is 0 Å². The molecule has 4 heterocycles. The maximum atomic E-state index is 13.6. The molecule has 4 aromatic rings. The molecule has 0 aliphatic carbocycles. The minimum absolute atomic E-state index is 0.139. The number of rotatable bonds is 5. The van der Waals surface area contributed by atoms with Gasteiger partial charge in [0.15, 0.2) is 5.11 Å². The molecule has 1 aromatic carbocycles. The van der Waals surface area contributed by atoms with Crippen molar-refractivity contribution in [2.75, 3.05) is 4.90 Å². The Hall–Kier alpha value is -3.45. The third-order valence-corrected chi connectivity index (χ3v) is 6.34. The highest BCUT2D eigenvalue weighted by atomic mass is 32.1.